The molecule has 1 atom stereocenters. The summed E-state index contributed by atoms with van der Waals surface area (Å²) in [6, 6.07) is 23.4. The molecule has 9 nitrogen and oxygen atoms in total. The number of amides is 1. The van der Waals surface area contributed by atoms with Crippen LogP contribution in [-0.2, 0) is 9.22 Å². The zero-order valence-corrected chi connectivity index (χ0v) is 23.0. The van der Waals surface area contributed by atoms with Gasteiger partial charge in [0.05, 0.1) is 17.8 Å². The fourth-order valence-electron chi connectivity index (χ4n) is 4.85. The number of anilines is 1. The second kappa shape index (κ2) is 11.3. The van der Waals surface area contributed by atoms with Crippen LogP contribution < -0.4 is 21.0 Å². The van der Waals surface area contributed by atoms with Crippen molar-refractivity contribution in [2.24, 2.45) is 0 Å². The van der Waals surface area contributed by atoms with Crippen molar-refractivity contribution in [1.82, 2.24) is 20.1 Å². The van der Waals surface area contributed by atoms with E-state index in [1.165, 1.54) is 16.6 Å². The van der Waals surface area contributed by atoms with Gasteiger partial charge in [0, 0.05) is 6.61 Å². The van der Waals surface area contributed by atoms with Crippen molar-refractivity contribution >= 4 is 47.5 Å². The van der Waals surface area contributed by atoms with Crippen molar-refractivity contribution in [3.63, 3.8) is 0 Å². The Morgan fingerprint density at radius 3 is 2.13 bits per heavy atom. The monoisotopic (exact) mass is 531 g/mol. The molecule has 0 aliphatic carbocycles. The number of fused-ring (bicyclic) bond motifs is 1. The van der Waals surface area contributed by atoms with Gasteiger partial charge in [-0.25, -0.2) is 9.78 Å². The van der Waals surface area contributed by atoms with Gasteiger partial charge in [-0.3, -0.25) is 4.79 Å². The van der Waals surface area contributed by atoms with Crippen molar-refractivity contribution in [3.8, 4) is 0 Å². The maximum absolute atomic E-state index is 13.1. The first-order valence-corrected chi connectivity index (χ1v) is 14.4. The number of carbonyl (C=O) groups excluding carboxylic acids is 1. The Morgan fingerprint density at radius 1 is 1.00 bits per heavy atom. The predicted molar refractivity (Wildman–Crippen MR) is 151 cm³/mol. The van der Waals surface area contributed by atoms with Gasteiger partial charge >= 0.3 is 6.09 Å². The van der Waals surface area contributed by atoms with E-state index in [1.807, 2.05) is 36.4 Å². The minimum atomic E-state index is -2.70. The normalized spacial score (nSPS) is 12.8. The van der Waals surface area contributed by atoms with E-state index in [0.29, 0.717) is 29.9 Å². The van der Waals surface area contributed by atoms with Gasteiger partial charge in [0.2, 0.25) is 5.91 Å². The molecular weight excluding hydrogens is 498 g/mol. The van der Waals surface area contributed by atoms with Crippen LogP contribution in [0.5, 0.6) is 0 Å². The number of carboxylic acid groups (broad SMARTS) is 1. The van der Waals surface area contributed by atoms with Crippen LogP contribution in [0.15, 0.2) is 79.0 Å². The third-order valence-corrected chi connectivity index (χ3v) is 11.7. The van der Waals surface area contributed by atoms with Gasteiger partial charge in [0.25, 0.3) is 8.32 Å². The molecule has 198 valence electrons. The minimum Gasteiger partial charge on any atom is -0.463 e. The summed E-state index contributed by atoms with van der Waals surface area (Å²) in [5, 5.41) is 21.1. The molecule has 0 radical (unpaired) electrons. The average molecular weight is 532 g/mol. The van der Waals surface area contributed by atoms with E-state index >= 15 is 0 Å². The molecule has 0 spiro atoms. The molecule has 0 aliphatic rings. The number of hydrogen-bond acceptors (Lipinski definition) is 6. The number of nitrogens with one attached hydrogen (secondary N) is 2. The fourth-order valence-corrected chi connectivity index (χ4v) is 9.43. The molecule has 0 aliphatic heterocycles. The second-order valence-corrected chi connectivity index (χ2v) is 14.4. The quantitative estimate of drug-likeness (QED) is 0.283. The lowest BCUT2D eigenvalue weighted by Gasteiger charge is -2.43. The molecule has 0 bridgehead atoms. The van der Waals surface area contributed by atoms with E-state index in [-0.39, 0.29) is 10.9 Å². The van der Waals surface area contributed by atoms with Crippen LogP contribution in [0.25, 0.3) is 11.0 Å². The van der Waals surface area contributed by atoms with Crippen LogP contribution in [0.4, 0.5) is 10.6 Å². The standard InChI is InChI=1S/C28H33N5O4Si/c1-28(2,3)38(20-11-7-5-8-12-20,21-13-9-6-10-14-21)37-18-17-22(29-4)26(34)32-25-16-15-24-23(31-25)19-30-33(24)27(35)36/h5-16,19,22,29H,17-18H2,1-4H3,(H,35,36)(H,31,32,34). The zero-order chi connectivity index (χ0) is 27.3. The first-order chi connectivity index (χ1) is 18.2. The maximum atomic E-state index is 13.1. The van der Waals surface area contributed by atoms with Crippen LogP contribution in [0.1, 0.15) is 27.2 Å². The van der Waals surface area contributed by atoms with Crippen molar-refractivity contribution in [1.29, 1.82) is 0 Å². The zero-order valence-electron chi connectivity index (χ0n) is 22.0. The lowest BCUT2D eigenvalue weighted by atomic mass is 10.2. The Morgan fingerprint density at radius 2 is 1.61 bits per heavy atom. The number of rotatable bonds is 9. The van der Waals surface area contributed by atoms with E-state index < -0.39 is 20.5 Å². The van der Waals surface area contributed by atoms with Gasteiger partial charge in [-0.2, -0.15) is 9.78 Å². The van der Waals surface area contributed by atoms with Gasteiger partial charge in [-0.15, -0.1) is 0 Å². The van der Waals surface area contributed by atoms with Crippen molar-refractivity contribution in [3.05, 3.63) is 79.0 Å². The molecule has 4 rings (SSSR count). The summed E-state index contributed by atoms with van der Waals surface area (Å²) in [6.07, 6.45) is 0.605. The lowest BCUT2D eigenvalue weighted by Crippen LogP contribution is -2.66. The minimum absolute atomic E-state index is 0.160. The third-order valence-electron chi connectivity index (χ3n) is 6.67. The first kappa shape index (κ1) is 27.2. The molecule has 1 unspecified atom stereocenters. The predicted octanol–water partition coefficient (Wildman–Crippen LogP) is 3.45. The number of pyridine rings is 1. The number of benzene rings is 2. The van der Waals surface area contributed by atoms with E-state index in [0.717, 1.165) is 4.68 Å². The Balaban J connectivity index is 1.52. The molecule has 0 saturated heterocycles. The van der Waals surface area contributed by atoms with Crippen LogP contribution in [0, 0.1) is 0 Å². The molecule has 2 aromatic heterocycles. The average Bonchev–Trinajstić information content (AvgIpc) is 3.33. The Kier molecular flexibility index (Phi) is 8.05. The second-order valence-electron chi connectivity index (χ2n) is 10.1. The van der Waals surface area contributed by atoms with E-state index in [1.54, 1.807) is 19.2 Å². The summed E-state index contributed by atoms with van der Waals surface area (Å²) < 4.78 is 7.76. The molecule has 3 N–H and O–H groups in total. The SMILES string of the molecule is CNC(CCO[Si](c1ccccc1)(c1ccccc1)C(C)(C)C)C(=O)Nc1ccc2c(cnn2C(=O)O)n1. The summed E-state index contributed by atoms with van der Waals surface area (Å²) in [5.41, 5.74) is 0.723. The largest absolute Gasteiger partial charge is 0.463 e. The molecule has 4 aromatic rings. The highest BCUT2D eigenvalue weighted by Crippen LogP contribution is 2.36. The highest BCUT2D eigenvalue weighted by atomic mass is 28.4. The topological polar surface area (TPSA) is 118 Å². The summed E-state index contributed by atoms with van der Waals surface area (Å²) in [5.74, 6) is 0.0663. The summed E-state index contributed by atoms with van der Waals surface area (Å²) in [7, 11) is -0.968. The van der Waals surface area contributed by atoms with Crippen LogP contribution in [-0.4, -0.2) is 59.9 Å². The molecule has 38 heavy (non-hydrogen) atoms. The van der Waals surface area contributed by atoms with Crippen molar-refractivity contribution in [2.45, 2.75) is 38.3 Å². The Hall–Kier alpha value is -3.86. The van der Waals surface area contributed by atoms with Crippen LogP contribution >= 0.6 is 0 Å². The number of likely N-dealkylation sites (N-methyl/N-ethyl adjacent to an activating group) is 1. The Labute approximate surface area is 223 Å². The van der Waals surface area contributed by atoms with Gasteiger partial charge < -0.3 is 20.2 Å². The van der Waals surface area contributed by atoms with Crippen LogP contribution in [0.2, 0.25) is 5.04 Å². The third kappa shape index (κ3) is 5.37. The fraction of sp³-hybridized carbons (Fsp3) is 0.286. The highest BCUT2D eigenvalue weighted by molar-refractivity contribution is 6.99. The molecular formula is C28H33N5O4Si. The van der Waals surface area contributed by atoms with E-state index in [2.05, 4.69) is 65.8 Å². The smallest absolute Gasteiger partial charge is 0.432 e. The summed E-state index contributed by atoms with van der Waals surface area (Å²) in [4.78, 5) is 28.7. The Bertz CT molecular complexity index is 1360. The molecule has 1 amide bonds. The highest BCUT2D eigenvalue weighted by Gasteiger charge is 2.50. The molecule has 0 fully saturated rings. The summed E-state index contributed by atoms with van der Waals surface area (Å²) >= 11 is 0. The van der Waals surface area contributed by atoms with Gasteiger partial charge in [-0.05, 0) is 41.0 Å². The number of hydrogen-bond donors (Lipinski definition) is 3. The van der Waals surface area contributed by atoms with Gasteiger partial charge in [0.1, 0.15) is 11.3 Å². The molecule has 2 aromatic carbocycles. The molecule has 10 heteroatoms. The van der Waals surface area contributed by atoms with Crippen molar-refractivity contribution in [2.75, 3.05) is 19.0 Å². The molecule has 0 saturated carbocycles. The number of carbonyl (C=O) groups is 2. The van der Waals surface area contributed by atoms with E-state index in [9.17, 15) is 14.7 Å². The van der Waals surface area contributed by atoms with Gasteiger partial charge in [0.15, 0.2) is 0 Å². The number of nitrogens with zero attached hydrogens (tertiary/aromatic N) is 3. The van der Waals surface area contributed by atoms with E-state index in [4.69, 9.17) is 4.43 Å². The maximum Gasteiger partial charge on any atom is 0.432 e. The number of aromatic nitrogens is 3. The van der Waals surface area contributed by atoms with Crippen LogP contribution in [0.3, 0.4) is 0 Å². The van der Waals surface area contributed by atoms with Gasteiger partial charge in [-0.1, -0.05) is 81.4 Å². The molecule has 2 heterocycles. The lowest BCUT2D eigenvalue weighted by molar-refractivity contribution is -0.118. The van der Waals surface area contributed by atoms with Crippen molar-refractivity contribution < 1.29 is 19.1 Å². The summed E-state index contributed by atoms with van der Waals surface area (Å²) in [6.45, 7) is 7.03. The first-order valence-electron chi connectivity index (χ1n) is 12.5.